The van der Waals surface area contributed by atoms with Gasteiger partial charge in [0.2, 0.25) is 0 Å². The van der Waals surface area contributed by atoms with Gasteiger partial charge >= 0.3 is 19.5 Å². The first kappa shape index (κ1) is 42.0. The number of rotatable bonds is 17. The van der Waals surface area contributed by atoms with Gasteiger partial charge in [0.25, 0.3) is 0 Å². The number of hydrogen-bond acceptors (Lipinski definition) is 4. The summed E-state index contributed by atoms with van der Waals surface area (Å²) >= 11 is 0. The van der Waals surface area contributed by atoms with E-state index in [4.69, 9.17) is 0 Å². The Bertz CT molecular complexity index is 1060. The average Bonchev–Trinajstić information content (AvgIpc) is 3.15. The minimum absolute atomic E-state index is 0. The van der Waals surface area contributed by atoms with Crippen molar-refractivity contribution in [3.63, 3.8) is 0 Å². The Hall–Kier alpha value is -2.14. The third-order valence-corrected chi connectivity index (χ3v) is 7.01. The normalized spacial score (nSPS) is 9.86. The molecule has 0 fully saturated rings. The molecule has 3 aromatic rings. The maximum Gasteiger partial charge on any atom is 2.00 e. The van der Waals surface area contributed by atoms with Crippen LogP contribution in [0.4, 0.5) is 0 Å². The standard InChI is InChI=1S/C28H44N2.C7H6O2.ClH.H2O.Zn/c1-3-5-7-9-11-13-15-17-25-19-21-29-27(23-25)28-24-26(20-22-30-28)18-16-14-12-10-8-6-4-2;8-6-4-2-1-3-5-7(6)9;;;/h19-24H,3-18H2,1-2H3;1-5H,(H,8,9);1H;1H2;/q;;;;+2/p-2. The van der Waals surface area contributed by atoms with Gasteiger partial charge in [-0.05, 0) is 67.1 Å². The molecule has 0 aliphatic carbocycles. The van der Waals surface area contributed by atoms with Gasteiger partial charge in [0, 0.05) is 12.4 Å². The molecular formula is C35H51ClN2O3Zn. The van der Waals surface area contributed by atoms with Crippen molar-refractivity contribution in [3.05, 3.63) is 88.3 Å². The summed E-state index contributed by atoms with van der Waals surface area (Å²) in [4.78, 5) is 19.7. The average molecular weight is 649 g/mol. The van der Waals surface area contributed by atoms with Gasteiger partial charge in [0.15, 0.2) is 5.43 Å². The summed E-state index contributed by atoms with van der Waals surface area (Å²) < 4.78 is 0. The quantitative estimate of drug-likeness (QED) is 0.152. The van der Waals surface area contributed by atoms with Crippen LogP contribution in [0.5, 0.6) is 5.75 Å². The summed E-state index contributed by atoms with van der Waals surface area (Å²) in [5.74, 6) is -0.458. The van der Waals surface area contributed by atoms with Crippen LogP contribution in [-0.4, -0.2) is 15.4 Å². The van der Waals surface area contributed by atoms with Crippen LogP contribution < -0.4 is 22.9 Å². The Labute approximate surface area is 273 Å². The molecule has 2 heterocycles. The molecule has 0 bridgehead atoms. The molecule has 0 amide bonds. The van der Waals surface area contributed by atoms with Crippen molar-refractivity contribution in [2.45, 2.75) is 117 Å². The Morgan fingerprint density at radius 3 is 1.45 bits per heavy atom. The van der Waals surface area contributed by atoms with E-state index >= 15 is 0 Å². The molecule has 7 heteroatoms. The molecule has 3 rings (SSSR count). The van der Waals surface area contributed by atoms with Gasteiger partial charge in [-0.15, -0.1) is 0 Å². The minimum Gasteiger partial charge on any atom is -1.00 e. The van der Waals surface area contributed by atoms with Gasteiger partial charge in [-0.3, -0.25) is 14.8 Å². The summed E-state index contributed by atoms with van der Waals surface area (Å²) in [6, 6.07) is 16.1. The predicted molar refractivity (Wildman–Crippen MR) is 167 cm³/mol. The predicted octanol–water partition coefficient (Wildman–Crippen LogP) is 5.03. The molecule has 5 nitrogen and oxygen atoms in total. The van der Waals surface area contributed by atoms with Crippen LogP contribution in [0, 0.1) is 0 Å². The number of hydrogen-bond donors (Lipinski definition) is 0. The second-order valence-electron chi connectivity index (χ2n) is 10.5. The summed E-state index contributed by atoms with van der Waals surface area (Å²) in [6.45, 7) is 4.56. The maximum atomic E-state index is 10.5. The number of nitrogens with zero attached hydrogens (tertiary/aromatic N) is 2. The fourth-order valence-corrected chi connectivity index (χ4v) is 4.63. The van der Waals surface area contributed by atoms with Crippen LogP contribution in [0.2, 0.25) is 0 Å². The van der Waals surface area contributed by atoms with Crippen LogP contribution in [0.3, 0.4) is 0 Å². The van der Waals surface area contributed by atoms with Gasteiger partial charge in [-0.25, -0.2) is 0 Å². The van der Waals surface area contributed by atoms with Crippen LogP contribution in [0.15, 0.2) is 71.8 Å². The molecule has 1 aromatic carbocycles. The Balaban J connectivity index is 0. The van der Waals surface area contributed by atoms with E-state index in [0.29, 0.717) is 0 Å². The minimum atomic E-state index is -0.458. The molecule has 0 saturated heterocycles. The molecule has 2 N–H and O–H groups in total. The topological polar surface area (TPSA) is 97.4 Å². The zero-order valence-electron chi connectivity index (χ0n) is 26.0. The number of aryl methyl sites for hydroxylation is 2. The Morgan fingerprint density at radius 2 is 1.00 bits per heavy atom. The number of aromatic nitrogens is 2. The molecule has 228 valence electrons. The molecule has 0 spiro atoms. The molecule has 2 aromatic heterocycles. The fourth-order valence-electron chi connectivity index (χ4n) is 4.63. The first-order chi connectivity index (χ1) is 19.1. The van der Waals surface area contributed by atoms with E-state index in [9.17, 15) is 9.90 Å². The van der Waals surface area contributed by atoms with Crippen LogP contribution in [0.25, 0.3) is 11.4 Å². The van der Waals surface area contributed by atoms with Crippen molar-refractivity contribution in [1.82, 2.24) is 9.97 Å². The fraction of sp³-hybridized carbons (Fsp3) is 0.514. The number of pyridine rings is 2. The van der Waals surface area contributed by atoms with Gasteiger partial charge in [-0.2, -0.15) is 0 Å². The van der Waals surface area contributed by atoms with E-state index in [1.165, 1.54) is 113 Å². The van der Waals surface area contributed by atoms with Crippen molar-refractivity contribution >= 4 is 0 Å². The molecule has 0 saturated carbocycles. The Morgan fingerprint density at radius 1 is 0.595 bits per heavy atom. The molecule has 0 radical (unpaired) electrons. The second-order valence-corrected chi connectivity index (χ2v) is 10.5. The summed E-state index contributed by atoms with van der Waals surface area (Å²) in [6.07, 6.45) is 25.2. The van der Waals surface area contributed by atoms with E-state index in [2.05, 4.69) is 48.1 Å². The second kappa shape index (κ2) is 27.7. The van der Waals surface area contributed by atoms with Crippen LogP contribution in [0.1, 0.15) is 115 Å². The maximum absolute atomic E-state index is 10.5. The van der Waals surface area contributed by atoms with Crippen LogP contribution in [-0.2, 0) is 32.3 Å². The molecule has 42 heavy (non-hydrogen) atoms. The molecule has 0 aliphatic rings. The zero-order chi connectivity index (χ0) is 28.0. The van der Waals surface area contributed by atoms with Gasteiger partial charge in [-0.1, -0.05) is 121 Å². The third-order valence-electron chi connectivity index (χ3n) is 7.01. The molecule has 0 atom stereocenters. The number of halogens is 1. The van der Waals surface area contributed by atoms with Gasteiger partial charge in [0.1, 0.15) is 0 Å². The first-order valence-electron chi connectivity index (χ1n) is 15.3. The van der Waals surface area contributed by atoms with Crippen molar-refractivity contribution < 1.29 is 42.5 Å². The van der Waals surface area contributed by atoms with E-state index in [1.807, 2.05) is 12.4 Å². The summed E-state index contributed by atoms with van der Waals surface area (Å²) in [5, 5.41) is 10.5. The largest absolute Gasteiger partial charge is 2.00 e. The van der Waals surface area contributed by atoms with E-state index in [0.717, 1.165) is 24.2 Å². The molecule has 0 unspecified atom stereocenters. The van der Waals surface area contributed by atoms with Crippen molar-refractivity contribution in [1.29, 1.82) is 0 Å². The summed E-state index contributed by atoms with van der Waals surface area (Å²) in [5.41, 5.74) is 4.38. The molecule has 0 aliphatic heterocycles. The van der Waals surface area contributed by atoms with Gasteiger partial charge in [0.05, 0.1) is 11.4 Å². The zero-order valence-corrected chi connectivity index (χ0v) is 29.7. The smallest absolute Gasteiger partial charge is 1.00 e. The monoisotopic (exact) mass is 646 g/mol. The van der Waals surface area contributed by atoms with Crippen molar-refractivity contribution in [2.24, 2.45) is 0 Å². The van der Waals surface area contributed by atoms with E-state index in [-0.39, 0.29) is 37.4 Å². The SMILES string of the molecule is CCCCCCCCCc1ccnc(-c2cc(CCCCCCCCC)ccn2)c1.O.O=c1cccccc1[O-].[Cl-].[Zn+2]. The van der Waals surface area contributed by atoms with Crippen molar-refractivity contribution in [2.75, 3.05) is 0 Å². The summed E-state index contributed by atoms with van der Waals surface area (Å²) in [7, 11) is 0. The van der Waals surface area contributed by atoms with Crippen molar-refractivity contribution in [3.8, 4) is 17.1 Å². The Kier molecular flexibility index (Phi) is 27.7. The number of unbranched alkanes of at least 4 members (excludes halogenated alkanes) is 12. The molecular weight excluding hydrogens is 597 g/mol. The van der Waals surface area contributed by atoms with Gasteiger partial charge < -0.3 is 23.0 Å². The van der Waals surface area contributed by atoms with E-state index < -0.39 is 11.2 Å². The van der Waals surface area contributed by atoms with E-state index in [1.54, 1.807) is 18.2 Å². The third kappa shape index (κ3) is 19.1. The van der Waals surface area contributed by atoms with Crippen LogP contribution >= 0.6 is 0 Å². The first-order valence-corrected chi connectivity index (χ1v) is 15.3.